The maximum atomic E-state index is 12.9. The Labute approximate surface area is 156 Å². The van der Waals surface area contributed by atoms with Gasteiger partial charge in [0.05, 0.1) is 0 Å². The van der Waals surface area contributed by atoms with Crippen LogP contribution >= 0.6 is 0 Å². The second-order valence-corrected chi connectivity index (χ2v) is 9.22. The average molecular weight is 348 g/mol. The smallest absolute Gasteiger partial charge is 0.321 e. The van der Waals surface area contributed by atoms with Crippen LogP contribution in [0.2, 0.25) is 0 Å². The number of nitrogens with one attached hydrogen (secondary N) is 1. The van der Waals surface area contributed by atoms with Crippen LogP contribution in [0.15, 0.2) is 54.6 Å². The Hall–Kier alpha value is -2.29. The van der Waals surface area contributed by atoms with Crippen LogP contribution < -0.4 is 5.32 Å². The molecule has 0 radical (unpaired) electrons. The summed E-state index contributed by atoms with van der Waals surface area (Å²) in [7, 11) is 0. The second-order valence-electron chi connectivity index (χ2n) is 9.22. The summed E-state index contributed by atoms with van der Waals surface area (Å²) in [5, 5.41) is 3.11. The molecule has 1 saturated heterocycles. The monoisotopic (exact) mass is 348 g/mol. The minimum absolute atomic E-state index is 0.0453. The molecule has 1 saturated carbocycles. The van der Waals surface area contributed by atoms with Crippen molar-refractivity contribution in [2.45, 2.75) is 46.1 Å². The van der Waals surface area contributed by atoms with Gasteiger partial charge in [-0.25, -0.2) is 4.79 Å². The first kappa shape index (κ1) is 17.1. The number of benzene rings is 2. The zero-order chi connectivity index (χ0) is 18.4. The van der Waals surface area contributed by atoms with Crippen LogP contribution in [0, 0.1) is 10.8 Å². The fourth-order valence-corrected chi connectivity index (χ4v) is 5.27. The Morgan fingerprint density at radius 3 is 2.31 bits per heavy atom. The molecule has 2 aliphatic rings. The number of carbonyl (C=O) groups excluding carboxylic acids is 1. The summed E-state index contributed by atoms with van der Waals surface area (Å²) in [6.07, 6.45) is 3.44. The lowest BCUT2D eigenvalue weighted by atomic mass is 9.65. The number of anilines is 1. The number of hydrogen-bond acceptors (Lipinski definition) is 1. The Morgan fingerprint density at radius 1 is 0.962 bits per heavy atom. The van der Waals surface area contributed by atoms with E-state index in [1.54, 1.807) is 0 Å². The van der Waals surface area contributed by atoms with Crippen LogP contribution in [0.4, 0.5) is 10.5 Å². The lowest BCUT2D eigenvalue weighted by molar-refractivity contribution is 0.130. The molecule has 136 valence electrons. The van der Waals surface area contributed by atoms with E-state index < -0.39 is 0 Å². The number of nitrogens with zero attached hydrogens (tertiary/aromatic N) is 1. The molecule has 2 fully saturated rings. The van der Waals surface area contributed by atoms with Gasteiger partial charge < -0.3 is 10.2 Å². The average Bonchev–Trinajstić information content (AvgIpc) is 2.85. The molecule has 2 aromatic carbocycles. The van der Waals surface area contributed by atoms with Crippen molar-refractivity contribution in [2.24, 2.45) is 10.8 Å². The normalized spacial score (nSPS) is 26.6. The molecule has 4 rings (SSSR count). The third-order valence-corrected chi connectivity index (χ3v) is 5.92. The number of likely N-dealkylation sites (tertiary alicyclic amines) is 1. The molecule has 2 bridgehead atoms. The first-order valence-electron chi connectivity index (χ1n) is 9.57. The molecule has 2 amide bonds. The van der Waals surface area contributed by atoms with Gasteiger partial charge in [-0.3, -0.25) is 0 Å². The van der Waals surface area contributed by atoms with E-state index in [1.807, 2.05) is 30.3 Å². The molecule has 26 heavy (non-hydrogen) atoms. The van der Waals surface area contributed by atoms with Gasteiger partial charge in [-0.05, 0) is 53.4 Å². The van der Waals surface area contributed by atoms with Crippen molar-refractivity contribution < 1.29 is 4.79 Å². The summed E-state index contributed by atoms with van der Waals surface area (Å²) in [6.45, 7) is 7.88. The van der Waals surface area contributed by atoms with Crippen LogP contribution in [0.25, 0.3) is 11.1 Å². The lowest BCUT2D eigenvalue weighted by Gasteiger charge is -2.39. The minimum Gasteiger partial charge on any atom is -0.321 e. The number of rotatable bonds is 2. The molecule has 0 aromatic heterocycles. The predicted octanol–water partition coefficient (Wildman–Crippen LogP) is 5.79. The van der Waals surface area contributed by atoms with Gasteiger partial charge in [-0.2, -0.15) is 0 Å². The van der Waals surface area contributed by atoms with Crippen molar-refractivity contribution in [1.82, 2.24) is 4.90 Å². The van der Waals surface area contributed by atoms with E-state index in [2.05, 4.69) is 55.3 Å². The van der Waals surface area contributed by atoms with Gasteiger partial charge in [0.1, 0.15) is 0 Å². The quantitative estimate of drug-likeness (QED) is 0.732. The predicted molar refractivity (Wildman–Crippen MR) is 107 cm³/mol. The van der Waals surface area contributed by atoms with Gasteiger partial charge in [0.15, 0.2) is 0 Å². The Morgan fingerprint density at radius 2 is 1.62 bits per heavy atom. The largest absolute Gasteiger partial charge is 0.322 e. The Balaban J connectivity index is 1.46. The van der Waals surface area contributed by atoms with Crippen molar-refractivity contribution in [2.75, 3.05) is 11.9 Å². The third-order valence-electron chi connectivity index (χ3n) is 5.92. The first-order valence-corrected chi connectivity index (χ1v) is 9.57. The molecule has 1 heterocycles. The summed E-state index contributed by atoms with van der Waals surface area (Å²) in [6, 6.07) is 18.8. The molecular formula is C23H28N2O. The Kier molecular flexibility index (Phi) is 4.06. The maximum absolute atomic E-state index is 12.9. The summed E-state index contributed by atoms with van der Waals surface area (Å²) >= 11 is 0. The molecule has 2 aromatic rings. The number of amides is 2. The molecule has 2 unspecified atom stereocenters. The second kappa shape index (κ2) is 6.15. The van der Waals surface area contributed by atoms with Crippen molar-refractivity contribution >= 4 is 11.7 Å². The van der Waals surface area contributed by atoms with Gasteiger partial charge in [0, 0.05) is 18.3 Å². The van der Waals surface area contributed by atoms with E-state index in [0.717, 1.165) is 30.6 Å². The molecule has 0 spiro atoms. The molecule has 1 aliphatic carbocycles. The van der Waals surface area contributed by atoms with E-state index in [0.29, 0.717) is 11.5 Å². The van der Waals surface area contributed by atoms with Crippen molar-refractivity contribution in [1.29, 1.82) is 0 Å². The fraction of sp³-hybridized carbons (Fsp3) is 0.435. The summed E-state index contributed by atoms with van der Waals surface area (Å²) < 4.78 is 0. The van der Waals surface area contributed by atoms with Crippen LogP contribution in [-0.2, 0) is 0 Å². The zero-order valence-electron chi connectivity index (χ0n) is 16.0. The van der Waals surface area contributed by atoms with E-state index in [9.17, 15) is 4.79 Å². The number of urea groups is 1. The first-order chi connectivity index (χ1) is 12.3. The highest BCUT2D eigenvalue weighted by Gasteiger charge is 2.50. The molecule has 3 heteroatoms. The minimum atomic E-state index is 0.0453. The van der Waals surface area contributed by atoms with Crippen LogP contribution in [0.5, 0.6) is 0 Å². The SMILES string of the molecule is CC1(C)CC2CC(C)(CN2C(=O)Nc2ccc(-c3ccccc3)cc2)C1. The van der Waals surface area contributed by atoms with Crippen molar-refractivity contribution in [3.63, 3.8) is 0 Å². The molecule has 2 atom stereocenters. The maximum Gasteiger partial charge on any atom is 0.322 e. The third kappa shape index (κ3) is 3.35. The van der Waals surface area contributed by atoms with Gasteiger partial charge in [0.2, 0.25) is 0 Å². The van der Waals surface area contributed by atoms with E-state index in [1.165, 1.54) is 12.0 Å². The topological polar surface area (TPSA) is 32.3 Å². The summed E-state index contributed by atoms with van der Waals surface area (Å²) in [5.74, 6) is 0. The van der Waals surface area contributed by atoms with Crippen LogP contribution in [-0.4, -0.2) is 23.5 Å². The summed E-state index contributed by atoms with van der Waals surface area (Å²) in [4.78, 5) is 14.9. The zero-order valence-corrected chi connectivity index (χ0v) is 16.0. The highest BCUT2D eigenvalue weighted by molar-refractivity contribution is 5.90. The lowest BCUT2D eigenvalue weighted by Crippen LogP contribution is -2.40. The highest BCUT2D eigenvalue weighted by Crippen LogP contribution is 2.52. The molecular weight excluding hydrogens is 320 g/mol. The van der Waals surface area contributed by atoms with E-state index >= 15 is 0 Å². The summed E-state index contributed by atoms with van der Waals surface area (Å²) in [5.41, 5.74) is 3.80. The standard InChI is InChI=1S/C23H28N2O/c1-22(2)13-20-14-23(3,15-22)16-25(20)21(26)24-19-11-9-18(10-12-19)17-7-5-4-6-8-17/h4-12,20H,13-16H2,1-3H3,(H,24,26). The molecule has 1 aliphatic heterocycles. The fourth-order valence-electron chi connectivity index (χ4n) is 5.27. The number of carbonyl (C=O) groups is 1. The Bertz CT molecular complexity index is 797. The van der Waals surface area contributed by atoms with Crippen LogP contribution in [0.3, 0.4) is 0 Å². The van der Waals surface area contributed by atoms with Gasteiger partial charge >= 0.3 is 6.03 Å². The number of hydrogen-bond donors (Lipinski definition) is 1. The van der Waals surface area contributed by atoms with E-state index in [4.69, 9.17) is 0 Å². The van der Waals surface area contributed by atoms with Crippen LogP contribution in [0.1, 0.15) is 40.0 Å². The van der Waals surface area contributed by atoms with Gasteiger partial charge in [0.25, 0.3) is 0 Å². The van der Waals surface area contributed by atoms with Gasteiger partial charge in [-0.15, -0.1) is 0 Å². The van der Waals surface area contributed by atoms with E-state index in [-0.39, 0.29) is 11.4 Å². The van der Waals surface area contributed by atoms with Crippen molar-refractivity contribution in [3.8, 4) is 11.1 Å². The molecule has 1 N–H and O–H groups in total. The number of fused-ring (bicyclic) bond motifs is 2. The molecule has 3 nitrogen and oxygen atoms in total. The van der Waals surface area contributed by atoms with Crippen molar-refractivity contribution in [3.05, 3.63) is 54.6 Å². The highest BCUT2D eigenvalue weighted by atomic mass is 16.2. The van der Waals surface area contributed by atoms with Gasteiger partial charge in [-0.1, -0.05) is 63.2 Å².